The van der Waals surface area contributed by atoms with Gasteiger partial charge in [0.15, 0.2) is 0 Å². The smallest absolute Gasteiger partial charge is 0.429 e. The lowest BCUT2D eigenvalue weighted by Gasteiger charge is -2.24. The van der Waals surface area contributed by atoms with Crippen LogP contribution in [0.3, 0.4) is 0 Å². The third-order valence-electron chi connectivity index (χ3n) is 5.79. The van der Waals surface area contributed by atoms with Crippen LogP contribution in [0, 0.1) is 6.92 Å². The Balaban J connectivity index is 1.64. The van der Waals surface area contributed by atoms with Crippen LogP contribution in [0.4, 0.5) is 19.1 Å². The fourth-order valence-electron chi connectivity index (χ4n) is 3.96. The molecule has 2 aromatic heterocycles. The van der Waals surface area contributed by atoms with Crippen molar-refractivity contribution < 1.29 is 27.4 Å². The normalized spacial score (nSPS) is 13.1. The van der Waals surface area contributed by atoms with Crippen molar-refractivity contribution in [3.05, 3.63) is 82.6 Å². The Morgan fingerprint density at radius 1 is 1.10 bits per heavy atom. The van der Waals surface area contributed by atoms with Crippen LogP contribution >= 0.6 is 11.6 Å². The minimum atomic E-state index is -4.83. The van der Waals surface area contributed by atoms with Gasteiger partial charge in [-0.3, -0.25) is 4.79 Å². The number of nitrogens with zero attached hydrogens (tertiary/aromatic N) is 4. The minimum Gasteiger partial charge on any atom is -0.465 e. The molecule has 4 aromatic rings. The molecule has 2 atom stereocenters. The molecule has 1 unspecified atom stereocenters. The van der Waals surface area contributed by atoms with Gasteiger partial charge in [-0.05, 0) is 44.0 Å². The first-order valence-electron chi connectivity index (χ1n) is 12.2. The highest BCUT2D eigenvalue weighted by atomic mass is 35.5. The van der Waals surface area contributed by atoms with Crippen LogP contribution in [0.2, 0.25) is 5.02 Å². The number of carbonyl (C=O) groups is 1. The molecular formula is C27H26ClF3N6O3. The number of aryl methyl sites for hydroxylation is 1. The summed E-state index contributed by atoms with van der Waals surface area (Å²) in [6, 6.07) is 12.8. The van der Waals surface area contributed by atoms with E-state index in [1.807, 2.05) is 0 Å². The first-order valence-corrected chi connectivity index (χ1v) is 12.5. The number of benzene rings is 2. The van der Waals surface area contributed by atoms with Gasteiger partial charge in [0.1, 0.15) is 6.04 Å². The zero-order chi connectivity index (χ0) is 29.0. The van der Waals surface area contributed by atoms with Gasteiger partial charge < -0.3 is 20.9 Å². The maximum absolute atomic E-state index is 14.4. The Bertz CT molecular complexity index is 1490. The second-order valence-electron chi connectivity index (χ2n) is 8.85. The van der Waals surface area contributed by atoms with E-state index in [1.54, 1.807) is 44.2 Å². The van der Waals surface area contributed by atoms with Crippen LogP contribution in [-0.4, -0.2) is 44.5 Å². The predicted molar refractivity (Wildman–Crippen MR) is 143 cm³/mol. The summed E-state index contributed by atoms with van der Waals surface area (Å²) in [5.74, 6) is -1.17. The van der Waals surface area contributed by atoms with E-state index in [0.717, 1.165) is 5.56 Å². The van der Waals surface area contributed by atoms with Crippen molar-refractivity contribution in [2.75, 3.05) is 12.3 Å². The van der Waals surface area contributed by atoms with Gasteiger partial charge >= 0.3 is 12.1 Å². The largest absolute Gasteiger partial charge is 0.465 e. The molecule has 0 amide bonds. The van der Waals surface area contributed by atoms with Gasteiger partial charge in [-0.2, -0.15) is 23.3 Å². The van der Waals surface area contributed by atoms with Crippen molar-refractivity contribution in [2.45, 2.75) is 38.6 Å². The lowest BCUT2D eigenvalue weighted by Crippen LogP contribution is -2.34. The summed E-state index contributed by atoms with van der Waals surface area (Å²) < 4.78 is 54.8. The molecule has 13 heteroatoms. The number of carbonyl (C=O) groups excluding carboxylic acids is 1. The van der Waals surface area contributed by atoms with Crippen LogP contribution < -0.4 is 16.2 Å². The maximum Gasteiger partial charge on any atom is 0.429 e. The number of hydrogen-bond donors (Lipinski definition) is 2. The van der Waals surface area contributed by atoms with E-state index >= 15 is 0 Å². The molecule has 210 valence electrons. The molecule has 0 aliphatic carbocycles. The number of alkyl halides is 3. The predicted octanol–water partition coefficient (Wildman–Crippen LogP) is 4.99. The fraction of sp³-hybridized carbons (Fsp3) is 0.259. The highest BCUT2D eigenvalue weighted by Crippen LogP contribution is 2.40. The van der Waals surface area contributed by atoms with Crippen LogP contribution in [0.15, 0.2) is 60.8 Å². The van der Waals surface area contributed by atoms with Gasteiger partial charge in [-0.25, -0.2) is 9.67 Å². The zero-order valence-electron chi connectivity index (χ0n) is 21.5. The third-order valence-corrected chi connectivity index (χ3v) is 6.03. The van der Waals surface area contributed by atoms with Crippen molar-refractivity contribution >= 4 is 23.5 Å². The Hall–Kier alpha value is -4.16. The van der Waals surface area contributed by atoms with Gasteiger partial charge in [0.05, 0.1) is 23.7 Å². The summed E-state index contributed by atoms with van der Waals surface area (Å²) in [4.78, 5) is 19.8. The number of aromatic nitrogens is 4. The number of nitrogens with two attached hydrogens (primary N) is 2. The standard InChI is InChI=1S/C27H26ClF3N6O3/c1-3-39-25(38)20(32)12-16-4-6-17(7-5-16)21-14-23(35-26(33)34-21)40-24(27(29,30)31)19-9-8-18(28)13-22(19)37-11-10-15(2)36-37/h4-11,13-14,20,24H,3,12,32H2,1-2H3,(H2,33,34,35)/t20-,24?/m0/s1. The van der Waals surface area contributed by atoms with Gasteiger partial charge in [0.2, 0.25) is 17.9 Å². The summed E-state index contributed by atoms with van der Waals surface area (Å²) in [7, 11) is 0. The molecule has 9 nitrogen and oxygen atoms in total. The van der Waals surface area contributed by atoms with Crippen molar-refractivity contribution in [3.63, 3.8) is 0 Å². The van der Waals surface area contributed by atoms with E-state index in [-0.39, 0.29) is 46.8 Å². The SMILES string of the molecule is CCOC(=O)[C@@H](N)Cc1ccc(-c2cc(OC(c3ccc(Cl)cc3-n3ccc(C)n3)C(F)(F)F)nc(N)n2)cc1. The van der Waals surface area contributed by atoms with Gasteiger partial charge in [0.25, 0.3) is 0 Å². The van der Waals surface area contributed by atoms with Gasteiger partial charge in [-0.15, -0.1) is 0 Å². The molecule has 0 radical (unpaired) electrons. The molecule has 0 aliphatic rings. The molecule has 0 bridgehead atoms. The number of anilines is 1. The van der Waals surface area contributed by atoms with Crippen molar-refractivity contribution in [2.24, 2.45) is 5.73 Å². The Kier molecular flexibility index (Phi) is 8.60. The van der Waals surface area contributed by atoms with Gasteiger partial charge in [-0.1, -0.05) is 41.9 Å². The lowest BCUT2D eigenvalue weighted by atomic mass is 10.0. The van der Waals surface area contributed by atoms with E-state index in [2.05, 4.69) is 15.1 Å². The van der Waals surface area contributed by atoms with E-state index in [4.69, 9.17) is 32.5 Å². The zero-order valence-corrected chi connectivity index (χ0v) is 22.3. The monoisotopic (exact) mass is 574 g/mol. The molecule has 4 rings (SSSR count). The summed E-state index contributed by atoms with van der Waals surface area (Å²) in [6.07, 6.45) is -5.48. The number of halogens is 4. The first-order chi connectivity index (χ1) is 18.9. The highest BCUT2D eigenvalue weighted by molar-refractivity contribution is 6.30. The number of nitrogen functional groups attached to an aromatic ring is 1. The number of ether oxygens (including phenoxy) is 2. The highest BCUT2D eigenvalue weighted by Gasteiger charge is 2.45. The van der Waals surface area contributed by atoms with Crippen LogP contribution in [0.25, 0.3) is 16.9 Å². The summed E-state index contributed by atoms with van der Waals surface area (Å²) in [5, 5.41) is 4.45. The average molecular weight is 575 g/mol. The minimum absolute atomic E-state index is 0.0989. The van der Waals surface area contributed by atoms with Crippen LogP contribution in [-0.2, 0) is 16.0 Å². The molecule has 2 heterocycles. The third kappa shape index (κ3) is 6.88. The molecule has 0 saturated heterocycles. The second kappa shape index (κ2) is 11.9. The number of hydrogen-bond acceptors (Lipinski definition) is 8. The molecule has 2 aromatic carbocycles. The molecule has 0 aliphatic heterocycles. The summed E-state index contributed by atoms with van der Waals surface area (Å²) in [6.45, 7) is 3.63. The van der Waals surface area contributed by atoms with Crippen molar-refractivity contribution in [1.82, 2.24) is 19.7 Å². The fourth-order valence-corrected chi connectivity index (χ4v) is 4.13. The van der Waals surface area contributed by atoms with E-state index in [9.17, 15) is 18.0 Å². The molecular weight excluding hydrogens is 549 g/mol. The Morgan fingerprint density at radius 3 is 2.45 bits per heavy atom. The molecule has 0 spiro atoms. The molecule has 40 heavy (non-hydrogen) atoms. The van der Waals surface area contributed by atoms with Crippen molar-refractivity contribution in [1.29, 1.82) is 0 Å². The topological polar surface area (TPSA) is 131 Å². The van der Waals surface area contributed by atoms with E-state index < -0.39 is 24.3 Å². The summed E-state index contributed by atoms with van der Waals surface area (Å²) in [5.41, 5.74) is 13.7. The van der Waals surface area contributed by atoms with E-state index in [0.29, 0.717) is 11.3 Å². The molecule has 0 saturated carbocycles. The lowest BCUT2D eigenvalue weighted by molar-refractivity contribution is -0.198. The van der Waals surface area contributed by atoms with Crippen molar-refractivity contribution in [3.8, 4) is 22.8 Å². The average Bonchev–Trinajstić information content (AvgIpc) is 3.33. The molecule has 0 fully saturated rings. The summed E-state index contributed by atoms with van der Waals surface area (Å²) >= 11 is 6.10. The number of esters is 1. The maximum atomic E-state index is 14.4. The van der Waals surface area contributed by atoms with Gasteiger partial charge in [0, 0.05) is 28.4 Å². The van der Waals surface area contributed by atoms with E-state index in [1.165, 1.54) is 35.1 Å². The Labute approximate surface area is 232 Å². The Morgan fingerprint density at radius 2 is 1.82 bits per heavy atom. The van der Waals surface area contributed by atoms with Crippen LogP contribution in [0.5, 0.6) is 5.88 Å². The quantitative estimate of drug-likeness (QED) is 0.267. The molecule has 4 N–H and O–H groups in total. The number of rotatable bonds is 9. The van der Waals surface area contributed by atoms with Crippen LogP contribution in [0.1, 0.15) is 29.8 Å². The second-order valence-corrected chi connectivity index (χ2v) is 9.29. The first kappa shape index (κ1) is 28.8.